The highest BCUT2D eigenvalue weighted by Crippen LogP contribution is 2.27. The van der Waals surface area contributed by atoms with Gasteiger partial charge in [0.2, 0.25) is 0 Å². The van der Waals surface area contributed by atoms with Crippen LogP contribution < -0.4 is 9.64 Å². The van der Waals surface area contributed by atoms with Gasteiger partial charge in [-0.2, -0.15) is 0 Å². The number of thiophene rings is 1. The normalized spacial score (nSPS) is 10.2. The first-order chi connectivity index (χ1) is 9.11. The molecule has 1 aromatic heterocycles. The summed E-state index contributed by atoms with van der Waals surface area (Å²) in [5.74, 6) is -0.284. The Kier molecular flexibility index (Phi) is 4.06. The monoisotopic (exact) mass is 277 g/mol. The van der Waals surface area contributed by atoms with Gasteiger partial charge in [0.05, 0.1) is 24.9 Å². The third-order valence-electron chi connectivity index (χ3n) is 2.82. The summed E-state index contributed by atoms with van der Waals surface area (Å²) in [6.07, 6.45) is 0. The molecule has 19 heavy (non-hydrogen) atoms. The van der Waals surface area contributed by atoms with Crippen LogP contribution in [0.5, 0.6) is 5.75 Å². The van der Waals surface area contributed by atoms with E-state index >= 15 is 0 Å². The topological polar surface area (TPSA) is 49.8 Å². The van der Waals surface area contributed by atoms with Crippen molar-refractivity contribution in [2.45, 2.75) is 6.54 Å². The average molecular weight is 277 g/mol. The number of benzene rings is 1. The van der Waals surface area contributed by atoms with Crippen LogP contribution in [0.4, 0.5) is 5.69 Å². The Balaban J connectivity index is 2.32. The Morgan fingerprint density at radius 2 is 2.21 bits per heavy atom. The van der Waals surface area contributed by atoms with Crippen molar-refractivity contribution in [2.75, 3.05) is 19.1 Å². The first kappa shape index (κ1) is 13.4. The summed E-state index contributed by atoms with van der Waals surface area (Å²) in [5.41, 5.74) is 0.931. The van der Waals surface area contributed by atoms with Crippen molar-refractivity contribution in [2.24, 2.45) is 0 Å². The van der Waals surface area contributed by atoms with Crippen molar-refractivity contribution in [3.8, 4) is 5.75 Å². The van der Waals surface area contributed by atoms with Gasteiger partial charge in [0, 0.05) is 18.0 Å². The highest BCUT2D eigenvalue weighted by molar-refractivity contribution is 7.09. The number of carbonyl (C=O) groups is 1. The van der Waals surface area contributed by atoms with E-state index in [-0.39, 0.29) is 5.56 Å². The molecule has 4 nitrogen and oxygen atoms in total. The van der Waals surface area contributed by atoms with Crippen LogP contribution >= 0.6 is 11.3 Å². The van der Waals surface area contributed by atoms with Gasteiger partial charge in [0.15, 0.2) is 0 Å². The van der Waals surface area contributed by atoms with Crippen LogP contribution in [-0.2, 0) is 6.54 Å². The molecule has 0 atom stereocenters. The Bertz CT molecular complexity index is 566. The molecule has 0 aliphatic rings. The van der Waals surface area contributed by atoms with Crippen molar-refractivity contribution < 1.29 is 14.6 Å². The molecule has 1 heterocycles. The maximum atomic E-state index is 11.3. The predicted octanol–water partition coefficient (Wildman–Crippen LogP) is 3.09. The first-order valence-corrected chi connectivity index (χ1v) is 6.64. The number of hydrogen-bond acceptors (Lipinski definition) is 4. The average Bonchev–Trinajstić information content (AvgIpc) is 2.90. The fourth-order valence-corrected chi connectivity index (χ4v) is 2.61. The van der Waals surface area contributed by atoms with Gasteiger partial charge in [-0.15, -0.1) is 11.3 Å². The largest absolute Gasteiger partial charge is 0.497 e. The highest BCUT2D eigenvalue weighted by atomic mass is 32.1. The lowest BCUT2D eigenvalue weighted by molar-refractivity contribution is 0.0697. The molecule has 2 aromatic rings. The highest BCUT2D eigenvalue weighted by Gasteiger charge is 2.15. The zero-order chi connectivity index (χ0) is 13.8. The zero-order valence-corrected chi connectivity index (χ0v) is 11.6. The zero-order valence-electron chi connectivity index (χ0n) is 10.8. The Morgan fingerprint density at radius 3 is 2.79 bits per heavy atom. The summed E-state index contributed by atoms with van der Waals surface area (Å²) in [6, 6.07) is 8.99. The molecule has 0 radical (unpaired) electrons. The Morgan fingerprint density at radius 1 is 1.42 bits per heavy atom. The minimum atomic E-state index is -0.935. The van der Waals surface area contributed by atoms with Crippen LogP contribution in [-0.4, -0.2) is 25.2 Å². The van der Waals surface area contributed by atoms with E-state index in [4.69, 9.17) is 4.74 Å². The fraction of sp³-hybridized carbons (Fsp3) is 0.214. The van der Waals surface area contributed by atoms with E-state index < -0.39 is 5.97 Å². The van der Waals surface area contributed by atoms with E-state index in [1.54, 1.807) is 36.6 Å². The first-order valence-electron chi connectivity index (χ1n) is 5.76. The Hall–Kier alpha value is -2.01. The molecule has 5 heteroatoms. The number of ether oxygens (including phenoxy) is 1. The Labute approximate surface area is 115 Å². The standard InChI is InChI=1S/C14H15NO3S/c1-15(9-11-4-3-7-19-11)13-8-10(18-2)5-6-12(13)14(16)17/h3-8H,9H2,1-2H3,(H,16,17). The predicted molar refractivity (Wildman–Crippen MR) is 76.4 cm³/mol. The molecule has 0 aliphatic carbocycles. The van der Waals surface area contributed by atoms with Crippen LogP contribution in [0.2, 0.25) is 0 Å². The third-order valence-corrected chi connectivity index (χ3v) is 3.68. The molecule has 0 spiro atoms. The number of carboxylic acids is 1. The molecular formula is C14H15NO3S. The number of hydrogen-bond donors (Lipinski definition) is 1. The summed E-state index contributed by atoms with van der Waals surface area (Å²) < 4.78 is 5.16. The van der Waals surface area contributed by atoms with Crippen molar-refractivity contribution >= 4 is 23.0 Å². The smallest absolute Gasteiger partial charge is 0.337 e. The molecule has 0 saturated carbocycles. The van der Waals surface area contributed by atoms with Crippen LogP contribution in [0.15, 0.2) is 35.7 Å². The summed E-state index contributed by atoms with van der Waals surface area (Å²) >= 11 is 1.65. The van der Waals surface area contributed by atoms with Crippen molar-refractivity contribution in [3.05, 3.63) is 46.2 Å². The van der Waals surface area contributed by atoms with Crippen LogP contribution in [0.25, 0.3) is 0 Å². The molecule has 2 rings (SSSR count). The fourth-order valence-electron chi connectivity index (χ4n) is 1.86. The molecule has 0 bridgehead atoms. The van der Waals surface area contributed by atoms with E-state index in [9.17, 15) is 9.90 Å². The van der Waals surface area contributed by atoms with Crippen LogP contribution in [0.3, 0.4) is 0 Å². The molecule has 0 aliphatic heterocycles. The minimum absolute atomic E-state index is 0.278. The van der Waals surface area contributed by atoms with Crippen molar-refractivity contribution in [3.63, 3.8) is 0 Å². The van der Waals surface area contributed by atoms with Gasteiger partial charge in [-0.1, -0.05) is 6.07 Å². The number of carboxylic acid groups (broad SMARTS) is 1. The number of anilines is 1. The lowest BCUT2D eigenvalue weighted by Crippen LogP contribution is -2.18. The van der Waals surface area contributed by atoms with Gasteiger partial charge in [0.25, 0.3) is 0 Å². The summed E-state index contributed by atoms with van der Waals surface area (Å²) in [4.78, 5) is 14.4. The molecule has 1 aromatic carbocycles. The maximum absolute atomic E-state index is 11.3. The number of rotatable bonds is 5. The van der Waals surface area contributed by atoms with Gasteiger partial charge in [-0.3, -0.25) is 0 Å². The van der Waals surface area contributed by atoms with Gasteiger partial charge in [0.1, 0.15) is 5.75 Å². The lowest BCUT2D eigenvalue weighted by Gasteiger charge is -2.21. The van der Waals surface area contributed by atoms with E-state index in [1.165, 1.54) is 4.88 Å². The second kappa shape index (κ2) is 5.75. The van der Waals surface area contributed by atoms with Crippen molar-refractivity contribution in [1.82, 2.24) is 0 Å². The van der Waals surface area contributed by atoms with Gasteiger partial charge in [-0.25, -0.2) is 4.79 Å². The second-order valence-electron chi connectivity index (χ2n) is 4.12. The van der Waals surface area contributed by atoms with Crippen LogP contribution in [0.1, 0.15) is 15.2 Å². The molecular weight excluding hydrogens is 262 g/mol. The quantitative estimate of drug-likeness (QED) is 0.912. The van der Waals surface area contributed by atoms with Crippen LogP contribution in [0, 0.1) is 0 Å². The summed E-state index contributed by atoms with van der Waals surface area (Å²) in [6.45, 7) is 0.672. The molecule has 0 fully saturated rings. The molecule has 0 unspecified atom stereocenters. The summed E-state index contributed by atoms with van der Waals surface area (Å²) in [5, 5.41) is 11.2. The second-order valence-corrected chi connectivity index (χ2v) is 5.16. The summed E-state index contributed by atoms with van der Waals surface area (Å²) in [7, 11) is 3.44. The van der Waals surface area contributed by atoms with E-state index in [1.807, 2.05) is 29.5 Å². The molecule has 1 N–H and O–H groups in total. The SMILES string of the molecule is COc1ccc(C(=O)O)c(N(C)Cc2cccs2)c1. The van der Waals surface area contributed by atoms with E-state index in [2.05, 4.69) is 0 Å². The lowest BCUT2D eigenvalue weighted by atomic mass is 10.1. The van der Waals surface area contributed by atoms with Crippen molar-refractivity contribution in [1.29, 1.82) is 0 Å². The minimum Gasteiger partial charge on any atom is -0.497 e. The maximum Gasteiger partial charge on any atom is 0.337 e. The molecule has 0 saturated heterocycles. The molecule has 0 amide bonds. The number of methoxy groups -OCH3 is 1. The van der Waals surface area contributed by atoms with Gasteiger partial charge in [-0.05, 0) is 23.6 Å². The van der Waals surface area contributed by atoms with E-state index in [0.717, 1.165) is 0 Å². The molecule has 100 valence electrons. The van der Waals surface area contributed by atoms with Gasteiger partial charge < -0.3 is 14.7 Å². The van der Waals surface area contributed by atoms with E-state index in [0.29, 0.717) is 18.0 Å². The van der Waals surface area contributed by atoms with Gasteiger partial charge >= 0.3 is 5.97 Å². The number of nitrogens with zero attached hydrogens (tertiary/aromatic N) is 1. The number of aromatic carboxylic acids is 1. The third kappa shape index (κ3) is 3.06.